The van der Waals surface area contributed by atoms with Crippen molar-refractivity contribution in [3.8, 4) is 11.5 Å². The van der Waals surface area contributed by atoms with Crippen LogP contribution in [0.5, 0.6) is 11.5 Å². The third-order valence-electron chi connectivity index (χ3n) is 5.05. The first-order valence-corrected chi connectivity index (χ1v) is 10.8. The van der Waals surface area contributed by atoms with Crippen LogP contribution in [-0.4, -0.2) is 11.1 Å². The molecule has 0 aliphatic heterocycles. The molecule has 0 atom stereocenters. The van der Waals surface area contributed by atoms with E-state index in [0.29, 0.717) is 12.2 Å². The monoisotopic (exact) mass is 376 g/mol. The van der Waals surface area contributed by atoms with Gasteiger partial charge in [0.05, 0.1) is 0 Å². The molecular weight excluding hydrogens is 336 g/mol. The molecule has 0 unspecified atom stereocenters. The maximum absolute atomic E-state index is 12.1. The van der Waals surface area contributed by atoms with Crippen LogP contribution in [0.15, 0.2) is 12.1 Å². The smallest absolute Gasteiger partial charge is 0.311 e. The average Bonchev–Trinajstić information content (AvgIpc) is 2.58. The Morgan fingerprint density at radius 2 is 1.44 bits per heavy atom. The fraction of sp³-hybridized carbons (Fsp3) is 0.708. The zero-order chi connectivity index (χ0) is 20.3. The number of ether oxygens (including phenoxy) is 1. The van der Waals surface area contributed by atoms with Crippen molar-refractivity contribution in [1.82, 2.24) is 0 Å². The Morgan fingerprint density at radius 1 is 0.926 bits per heavy atom. The van der Waals surface area contributed by atoms with Gasteiger partial charge in [0.2, 0.25) is 0 Å². The number of aryl methyl sites for hydroxylation is 1. The molecule has 154 valence electrons. The second-order valence-corrected chi connectivity index (χ2v) is 8.79. The number of phenolic OH excluding ortho intramolecular Hbond substituents is 1. The molecular formula is C24H40O3. The summed E-state index contributed by atoms with van der Waals surface area (Å²) in [5.41, 5.74) is 1.35. The predicted molar refractivity (Wildman–Crippen MR) is 114 cm³/mol. The Labute approximate surface area is 166 Å². The lowest BCUT2D eigenvalue weighted by Crippen LogP contribution is -2.13. The van der Waals surface area contributed by atoms with Crippen molar-refractivity contribution in [3.05, 3.63) is 23.3 Å². The van der Waals surface area contributed by atoms with Crippen molar-refractivity contribution in [2.24, 2.45) is 0 Å². The van der Waals surface area contributed by atoms with Gasteiger partial charge in [-0.05, 0) is 36.5 Å². The molecule has 0 fully saturated rings. The average molecular weight is 377 g/mol. The molecule has 0 aliphatic carbocycles. The molecule has 0 amide bonds. The van der Waals surface area contributed by atoms with Gasteiger partial charge >= 0.3 is 5.97 Å². The fourth-order valence-electron chi connectivity index (χ4n) is 3.32. The van der Waals surface area contributed by atoms with Crippen molar-refractivity contribution in [1.29, 1.82) is 0 Å². The van der Waals surface area contributed by atoms with Gasteiger partial charge in [0.15, 0.2) is 0 Å². The maximum atomic E-state index is 12.1. The molecule has 1 N–H and O–H groups in total. The summed E-state index contributed by atoms with van der Waals surface area (Å²) in [5, 5.41) is 10.3. The molecule has 1 aromatic carbocycles. The van der Waals surface area contributed by atoms with Crippen LogP contribution in [0.2, 0.25) is 0 Å². The number of rotatable bonds is 12. The molecule has 0 saturated heterocycles. The minimum atomic E-state index is -0.201. The molecule has 0 radical (unpaired) electrons. The summed E-state index contributed by atoms with van der Waals surface area (Å²) in [5.74, 6) is 0.642. The van der Waals surface area contributed by atoms with Crippen molar-refractivity contribution in [2.75, 3.05) is 0 Å². The van der Waals surface area contributed by atoms with Gasteiger partial charge in [-0.2, -0.15) is 0 Å². The highest BCUT2D eigenvalue weighted by Crippen LogP contribution is 2.36. The lowest BCUT2D eigenvalue weighted by molar-refractivity contribution is -0.134. The number of hydrogen-bond donors (Lipinski definition) is 1. The third kappa shape index (κ3) is 9.30. The van der Waals surface area contributed by atoms with Crippen molar-refractivity contribution < 1.29 is 14.6 Å². The van der Waals surface area contributed by atoms with E-state index in [1.54, 1.807) is 12.1 Å². The van der Waals surface area contributed by atoms with Crippen LogP contribution in [0.1, 0.15) is 109 Å². The van der Waals surface area contributed by atoms with Gasteiger partial charge < -0.3 is 9.84 Å². The highest BCUT2D eigenvalue weighted by atomic mass is 16.5. The number of carbonyl (C=O) groups is 1. The number of aromatic hydroxyl groups is 1. The summed E-state index contributed by atoms with van der Waals surface area (Å²) in [6.45, 7) is 10.2. The minimum Gasteiger partial charge on any atom is -0.507 e. The minimum absolute atomic E-state index is 0.181. The largest absolute Gasteiger partial charge is 0.507 e. The summed E-state index contributed by atoms with van der Waals surface area (Å²) in [6.07, 6.45) is 13.0. The summed E-state index contributed by atoms with van der Waals surface area (Å²) in [4.78, 5) is 12.1. The fourth-order valence-corrected chi connectivity index (χ4v) is 3.32. The van der Waals surface area contributed by atoms with E-state index in [1.807, 2.05) is 27.7 Å². The number of hydrogen-bond acceptors (Lipinski definition) is 3. The van der Waals surface area contributed by atoms with Gasteiger partial charge in [-0.25, -0.2) is 0 Å². The molecule has 0 bridgehead atoms. The van der Waals surface area contributed by atoms with Crippen LogP contribution in [0.25, 0.3) is 0 Å². The lowest BCUT2D eigenvalue weighted by atomic mass is 9.85. The topological polar surface area (TPSA) is 46.5 Å². The van der Waals surface area contributed by atoms with Crippen LogP contribution in [-0.2, 0) is 10.2 Å². The maximum Gasteiger partial charge on any atom is 0.311 e. The van der Waals surface area contributed by atoms with Crippen molar-refractivity contribution >= 4 is 5.97 Å². The van der Waals surface area contributed by atoms with Crippen molar-refractivity contribution in [3.63, 3.8) is 0 Å². The number of unbranched alkanes of at least 4 members (excludes halogenated alkanes) is 9. The van der Waals surface area contributed by atoms with Gasteiger partial charge in [0.25, 0.3) is 0 Å². The molecule has 0 heterocycles. The van der Waals surface area contributed by atoms with E-state index in [4.69, 9.17) is 4.74 Å². The van der Waals surface area contributed by atoms with Gasteiger partial charge in [-0.1, -0.05) is 85.5 Å². The predicted octanol–water partition coefficient (Wildman–Crippen LogP) is 7.21. The van der Waals surface area contributed by atoms with Gasteiger partial charge in [-0.15, -0.1) is 0 Å². The SMILES string of the molecule is CCCCCCCCCCCCC(=O)Oc1cc(C)c(O)c(C(C)(C)C)c1. The molecule has 1 rings (SSSR count). The molecule has 3 heteroatoms. The van der Waals surface area contributed by atoms with E-state index >= 15 is 0 Å². The van der Waals surface area contributed by atoms with E-state index in [0.717, 1.165) is 24.0 Å². The zero-order valence-corrected chi connectivity index (χ0v) is 18.2. The third-order valence-corrected chi connectivity index (χ3v) is 5.05. The second-order valence-electron chi connectivity index (χ2n) is 8.79. The molecule has 27 heavy (non-hydrogen) atoms. The van der Waals surface area contributed by atoms with E-state index in [9.17, 15) is 9.90 Å². The molecule has 1 aromatic rings. The van der Waals surface area contributed by atoms with Crippen LogP contribution >= 0.6 is 0 Å². The quantitative estimate of drug-likeness (QED) is 0.238. The Kier molecular flexibility index (Phi) is 10.5. The summed E-state index contributed by atoms with van der Waals surface area (Å²) < 4.78 is 5.52. The van der Waals surface area contributed by atoms with Gasteiger partial charge in [0, 0.05) is 12.0 Å². The summed E-state index contributed by atoms with van der Waals surface area (Å²) in [6, 6.07) is 3.53. The molecule has 0 aliphatic rings. The van der Waals surface area contributed by atoms with Gasteiger partial charge in [-0.3, -0.25) is 4.79 Å². The number of esters is 1. The molecule has 0 spiro atoms. The first kappa shape index (κ1) is 23.5. The number of carbonyl (C=O) groups excluding carboxylic acids is 1. The van der Waals surface area contributed by atoms with Crippen LogP contribution < -0.4 is 4.74 Å². The second kappa shape index (κ2) is 12.0. The van der Waals surface area contributed by atoms with Crippen LogP contribution in [0, 0.1) is 6.92 Å². The lowest BCUT2D eigenvalue weighted by Gasteiger charge is -2.22. The molecule has 3 nitrogen and oxygen atoms in total. The molecule has 0 saturated carbocycles. The Morgan fingerprint density at radius 3 is 1.96 bits per heavy atom. The summed E-state index contributed by atoms with van der Waals surface area (Å²) in [7, 11) is 0. The Balaban J connectivity index is 2.28. The number of phenols is 1. The highest BCUT2D eigenvalue weighted by molar-refractivity contribution is 5.72. The van der Waals surface area contributed by atoms with E-state index < -0.39 is 0 Å². The first-order chi connectivity index (χ1) is 12.8. The first-order valence-electron chi connectivity index (χ1n) is 10.8. The normalized spacial score (nSPS) is 11.6. The zero-order valence-electron chi connectivity index (χ0n) is 18.2. The highest BCUT2D eigenvalue weighted by Gasteiger charge is 2.21. The molecule has 0 aromatic heterocycles. The standard InChI is InChI=1S/C24H40O3/c1-6-7-8-9-10-11-12-13-14-15-16-22(25)27-20-17-19(2)23(26)21(18-20)24(3,4)5/h17-18,26H,6-16H2,1-5H3. The van der Waals surface area contributed by atoms with E-state index in [2.05, 4.69) is 6.92 Å². The Bertz CT molecular complexity index is 570. The number of benzene rings is 1. The van der Waals surface area contributed by atoms with Crippen LogP contribution in [0.4, 0.5) is 0 Å². The summed E-state index contributed by atoms with van der Waals surface area (Å²) >= 11 is 0. The Hall–Kier alpha value is -1.51. The van der Waals surface area contributed by atoms with E-state index in [1.165, 1.54) is 51.4 Å². The van der Waals surface area contributed by atoms with E-state index in [-0.39, 0.29) is 17.1 Å². The van der Waals surface area contributed by atoms with Crippen molar-refractivity contribution in [2.45, 2.75) is 111 Å². The van der Waals surface area contributed by atoms with Gasteiger partial charge in [0.1, 0.15) is 11.5 Å². The van der Waals surface area contributed by atoms with Crippen LogP contribution in [0.3, 0.4) is 0 Å².